The molecule has 0 amide bonds. The van der Waals surface area contributed by atoms with Gasteiger partial charge in [0.2, 0.25) is 5.65 Å². The lowest BCUT2D eigenvalue weighted by Gasteiger charge is -2.17. The van der Waals surface area contributed by atoms with Crippen LogP contribution in [0.25, 0.3) is 32.3 Å². The Hall–Kier alpha value is -2.87. The largest absolute Gasteiger partial charge is 0.283 e. The van der Waals surface area contributed by atoms with Crippen LogP contribution in [0.15, 0.2) is 29.1 Å². The molecule has 1 aromatic carbocycles. The zero-order chi connectivity index (χ0) is 17.4. The Morgan fingerprint density at radius 2 is 2.00 bits per heavy atom. The molecule has 0 saturated carbocycles. The fourth-order valence-corrected chi connectivity index (χ4v) is 5.46. The van der Waals surface area contributed by atoms with E-state index in [0.29, 0.717) is 17.2 Å². The second kappa shape index (κ2) is 4.85. The van der Waals surface area contributed by atoms with E-state index in [9.17, 15) is 4.79 Å². The minimum Gasteiger partial charge on any atom is -0.267 e. The summed E-state index contributed by atoms with van der Waals surface area (Å²) in [5.74, 6) is 0.653. The van der Waals surface area contributed by atoms with E-state index in [1.165, 1.54) is 19.6 Å². The number of nitrogens with zero attached hydrogens (tertiary/aromatic N) is 6. The van der Waals surface area contributed by atoms with E-state index in [1.54, 1.807) is 11.3 Å². The number of hydrogen-bond donors (Lipinski definition) is 0. The number of aryl methyl sites for hydroxylation is 1. The standard InChI is InChI=1S/C18H14N6OS/c1-9-6-7-12-13(8-9)26-17-14(12)18(25)23-15(19-17)10-4-2-3-5-11(10)16-20-21-22-24(16)23/h2-5,9H,6-8H2,1H3/t9-/m1/s1. The zero-order valence-electron chi connectivity index (χ0n) is 14.0. The highest BCUT2D eigenvalue weighted by atomic mass is 32.1. The van der Waals surface area contributed by atoms with Crippen molar-refractivity contribution < 1.29 is 0 Å². The minimum atomic E-state index is -0.0832. The van der Waals surface area contributed by atoms with Crippen molar-refractivity contribution in [1.29, 1.82) is 0 Å². The van der Waals surface area contributed by atoms with Gasteiger partial charge in [-0.2, -0.15) is 4.52 Å². The van der Waals surface area contributed by atoms with Crippen LogP contribution in [0.4, 0.5) is 0 Å². The van der Waals surface area contributed by atoms with Crippen molar-refractivity contribution in [2.24, 2.45) is 5.92 Å². The topological polar surface area (TPSA) is 77.4 Å². The third-order valence-corrected chi connectivity index (χ3v) is 6.51. The molecule has 4 heterocycles. The molecule has 0 N–H and O–H groups in total. The van der Waals surface area contributed by atoms with Gasteiger partial charge in [0.15, 0.2) is 5.65 Å². The van der Waals surface area contributed by atoms with Crippen LogP contribution in [-0.2, 0) is 12.8 Å². The van der Waals surface area contributed by atoms with E-state index in [0.717, 1.165) is 40.3 Å². The monoisotopic (exact) mass is 362 g/mol. The highest BCUT2D eigenvalue weighted by Gasteiger charge is 2.25. The second-order valence-electron chi connectivity index (χ2n) is 7.02. The average molecular weight is 362 g/mol. The molecule has 8 heteroatoms. The van der Waals surface area contributed by atoms with Gasteiger partial charge in [0.25, 0.3) is 5.56 Å². The van der Waals surface area contributed by atoms with Gasteiger partial charge in [-0.15, -0.1) is 21.1 Å². The second-order valence-corrected chi connectivity index (χ2v) is 8.11. The van der Waals surface area contributed by atoms with Crippen LogP contribution < -0.4 is 5.56 Å². The normalized spacial score (nSPS) is 17.5. The lowest BCUT2D eigenvalue weighted by molar-refractivity contribution is 0.509. The Labute approximate surface area is 150 Å². The average Bonchev–Trinajstić information content (AvgIpc) is 3.26. The first-order chi connectivity index (χ1) is 12.7. The molecule has 7 nitrogen and oxygen atoms in total. The van der Waals surface area contributed by atoms with Crippen LogP contribution >= 0.6 is 11.3 Å². The molecule has 1 aliphatic rings. The van der Waals surface area contributed by atoms with Crippen LogP contribution in [0.3, 0.4) is 0 Å². The summed E-state index contributed by atoms with van der Waals surface area (Å²) in [6.07, 6.45) is 3.07. The number of tetrazole rings is 1. The summed E-state index contributed by atoms with van der Waals surface area (Å²) in [6.45, 7) is 2.27. The molecule has 0 unspecified atom stereocenters. The van der Waals surface area contributed by atoms with E-state index >= 15 is 0 Å². The van der Waals surface area contributed by atoms with Crippen molar-refractivity contribution in [2.75, 3.05) is 0 Å². The van der Waals surface area contributed by atoms with Gasteiger partial charge in [-0.3, -0.25) is 4.79 Å². The predicted octanol–water partition coefficient (Wildman–Crippen LogP) is 2.62. The molecule has 1 aliphatic carbocycles. The summed E-state index contributed by atoms with van der Waals surface area (Å²) in [5.41, 5.74) is 2.25. The Balaban J connectivity index is 1.89. The SMILES string of the molecule is C[C@@H]1CCc2c(sc3nc4c5ccccc5c5nnnn5n4c(=O)c23)C1. The summed E-state index contributed by atoms with van der Waals surface area (Å²) < 4.78 is 2.99. The summed E-state index contributed by atoms with van der Waals surface area (Å²) in [7, 11) is 0. The van der Waals surface area contributed by atoms with Crippen LogP contribution in [0.1, 0.15) is 23.8 Å². The Kier molecular flexibility index (Phi) is 2.67. The molecule has 0 radical (unpaired) electrons. The highest BCUT2D eigenvalue weighted by molar-refractivity contribution is 7.18. The number of aromatic nitrogens is 6. The molecule has 0 saturated heterocycles. The molecule has 26 heavy (non-hydrogen) atoms. The van der Waals surface area contributed by atoms with Crippen molar-refractivity contribution in [3.8, 4) is 0 Å². The maximum atomic E-state index is 13.5. The van der Waals surface area contributed by atoms with Crippen molar-refractivity contribution in [3.05, 3.63) is 45.1 Å². The third-order valence-electron chi connectivity index (χ3n) is 5.36. The molecule has 5 aromatic rings. The first kappa shape index (κ1) is 14.3. The lowest BCUT2D eigenvalue weighted by Crippen LogP contribution is -2.23. The molecule has 6 rings (SSSR count). The van der Waals surface area contributed by atoms with Gasteiger partial charge >= 0.3 is 0 Å². The number of hydrogen-bond acceptors (Lipinski definition) is 6. The fraction of sp³-hybridized carbons (Fsp3) is 0.278. The maximum Gasteiger partial charge on any atom is 0.283 e. The molecule has 4 aromatic heterocycles. The molecule has 128 valence electrons. The van der Waals surface area contributed by atoms with E-state index in [2.05, 4.69) is 22.4 Å². The minimum absolute atomic E-state index is 0.0832. The number of benzene rings is 1. The first-order valence-electron chi connectivity index (χ1n) is 8.68. The van der Waals surface area contributed by atoms with Crippen molar-refractivity contribution in [2.45, 2.75) is 26.2 Å². The number of thiophene rings is 1. The summed E-state index contributed by atoms with van der Waals surface area (Å²) in [5, 5.41) is 14.5. The van der Waals surface area contributed by atoms with Gasteiger partial charge in [0, 0.05) is 15.6 Å². The third kappa shape index (κ3) is 1.69. The fourth-order valence-electron chi connectivity index (χ4n) is 4.08. The smallest absolute Gasteiger partial charge is 0.267 e. The first-order valence-corrected chi connectivity index (χ1v) is 9.50. The van der Waals surface area contributed by atoms with Gasteiger partial charge in [-0.25, -0.2) is 4.98 Å². The molecular formula is C18H14N6OS. The summed E-state index contributed by atoms with van der Waals surface area (Å²) in [4.78, 5) is 20.5. The molecule has 0 spiro atoms. The van der Waals surface area contributed by atoms with E-state index in [4.69, 9.17) is 4.98 Å². The van der Waals surface area contributed by atoms with E-state index in [-0.39, 0.29) is 5.56 Å². The zero-order valence-corrected chi connectivity index (χ0v) is 14.8. The molecule has 0 aliphatic heterocycles. The van der Waals surface area contributed by atoms with Crippen LogP contribution in [0.2, 0.25) is 0 Å². The molecule has 1 atom stereocenters. The lowest BCUT2D eigenvalue weighted by atomic mass is 9.89. The van der Waals surface area contributed by atoms with Crippen LogP contribution in [0, 0.1) is 5.92 Å². The molecule has 0 fully saturated rings. The van der Waals surface area contributed by atoms with Gasteiger partial charge in [0.05, 0.1) is 5.39 Å². The maximum absolute atomic E-state index is 13.5. The van der Waals surface area contributed by atoms with Gasteiger partial charge in [0.1, 0.15) is 4.83 Å². The molecule has 0 bridgehead atoms. The summed E-state index contributed by atoms with van der Waals surface area (Å²) >= 11 is 1.66. The highest BCUT2D eigenvalue weighted by Crippen LogP contribution is 2.36. The van der Waals surface area contributed by atoms with Crippen LogP contribution in [0.5, 0.6) is 0 Å². The number of fused-ring (bicyclic) bond motifs is 9. The Morgan fingerprint density at radius 1 is 1.19 bits per heavy atom. The van der Waals surface area contributed by atoms with E-state index < -0.39 is 0 Å². The van der Waals surface area contributed by atoms with Crippen LogP contribution in [-0.4, -0.2) is 29.7 Å². The Bertz CT molecular complexity index is 1410. The predicted molar refractivity (Wildman–Crippen MR) is 99.9 cm³/mol. The summed E-state index contributed by atoms with van der Waals surface area (Å²) in [6, 6.07) is 7.81. The van der Waals surface area contributed by atoms with Crippen molar-refractivity contribution >= 4 is 43.6 Å². The van der Waals surface area contributed by atoms with Crippen molar-refractivity contribution in [3.63, 3.8) is 0 Å². The van der Waals surface area contributed by atoms with Gasteiger partial charge < -0.3 is 0 Å². The Morgan fingerprint density at radius 3 is 2.85 bits per heavy atom. The number of rotatable bonds is 0. The van der Waals surface area contributed by atoms with Gasteiger partial charge in [-0.05, 0) is 41.2 Å². The van der Waals surface area contributed by atoms with E-state index in [1.807, 2.05) is 24.3 Å². The quantitative estimate of drug-likeness (QED) is 0.396. The molecular weight excluding hydrogens is 348 g/mol. The van der Waals surface area contributed by atoms with Crippen molar-refractivity contribution in [1.82, 2.24) is 29.7 Å². The van der Waals surface area contributed by atoms with Gasteiger partial charge in [-0.1, -0.05) is 31.2 Å².